The van der Waals surface area contributed by atoms with Crippen LogP contribution in [0.15, 0.2) is 12.4 Å². The summed E-state index contributed by atoms with van der Waals surface area (Å²) in [5, 5.41) is 0. The van der Waals surface area contributed by atoms with Crippen LogP contribution in [0.2, 0.25) is 0 Å². The fourth-order valence-electron chi connectivity index (χ4n) is 6.39. The lowest BCUT2D eigenvalue weighted by molar-refractivity contribution is -0.704. The molecule has 0 N–H and O–H groups in total. The number of aryl methyl sites for hydroxylation is 2. The van der Waals surface area contributed by atoms with Crippen molar-refractivity contribution in [3.8, 4) is 0 Å². The molecule has 0 unspecified atom stereocenters. The molecule has 2 heteroatoms. The minimum atomic E-state index is 1.18. The highest BCUT2D eigenvalue weighted by molar-refractivity contribution is 4.84. The molecule has 0 bridgehead atoms. The third kappa shape index (κ3) is 21.9. The molecular formula is C38H75N2+. The summed E-state index contributed by atoms with van der Waals surface area (Å²) >= 11 is 0. The first-order chi connectivity index (χ1) is 19.8. The predicted octanol–water partition coefficient (Wildman–Crippen LogP) is 12.7. The van der Waals surface area contributed by atoms with Gasteiger partial charge < -0.3 is 0 Å². The minimum absolute atomic E-state index is 1.18. The molecule has 0 aliphatic heterocycles. The summed E-state index contributed by atoms with van der Waals surface area (Å²) in [6.07, 6.45) is 47.6. The van der Waals surface area contributed by atoms with Crippen LogP contribution in [0, 0.1) is 0 Å². The van der Waals surface area contributed by atoms with E-state index in [0.717, 1.165) is 0 Å². The Kier molecular flexibility index (Phi) is 27.6. The number of unbranched alkanes of at least 4 members (excludes halogenated alkanes) is 26. The average Bonchev–Trinajstić information content (AvgIpc) is 3.34. The van der Waals surface area contributed by atoms with Crippen molar-refractivity contribution in [2.45, 2.75) is 226 Å². The third-order valence-corrected chi connectivity index (χ3v) is 9.06. The van der Waals surface area contributed by atoms with Crippen molar-refractivity contribution in [1.82, 2.24) is 4.57 Å². The number of nitrogens with zero attached hydrogens (tertiary/aromatic N) is 2. The molecule has 1 aromatic heterocycles. The smallest absolute Gasteiger partial charge is 0.234 e. The van der Waals surface area contributed by atoms with E-state index < -0.39 is 0 Å². The van der Waals surface area contributed by atoms with E-state index in [2.05, 4.69) is 42.3 Å². The van der Waals surface area contributed by atoms with Gasteiger partial charge in [0.1, 0.15) is 12.4 Å². The summed E-state index contributed by atoms with van der Waals surface area (Å²) in [5.41, 5.74) is 0. The molecule has 0 aliphatic carbocycles. The number of rotatable bonds is 32. The standard InChI is InChI=1S/C38H75N2/c1-4-7-9-11-13-15-17-19-20-21-22-24-26-28-30-32-35-40-37-36-39(34-6-3)38(40)33-31-29-27-25-23-18-16-14-12-10-8-5-2/h36-37H,4-35H2,1-3H3/q+1. The first kappa shape index (κ1) is 37.2. The van der Waals surface area contributed by atoms with Crippen molar-refractivity contribution in [1.29, 1.82) is 0 Å². The van der Waals surface area contributed by atoms with E-state index in [4.69, 9.17) is 0 Å². The van der Waals surface area contributed by atoms with Crippen LogP contribution in [-0.2, 0) is 19.5 Å². The highest BCUT2D eigenvalue weighted by Crippen LogP contribution is 2.15. The molecule has 0 aliphatic rings. The highest BCUT2D eigenvalue weighted by Gasteiger charge is 2.15. The van der Waals surface area contributed by atoms with E-state index in [0.29, 0.717) is 0 Å². The van der Waals surface area contributed by atoms with Crippen molar-refractivity contribution in [2.24, 2.45) is 0 Å². The molecule has 0 fully saturated rings. The van der Waals surface area contributed by atoms with Gasteiger partial charge >= 0.3 is 0 Å². The Labute approximate surface area is 253 Å². The first-order valence-corrected chi connectivity index (χ1v) is 18.9. The lowest BCUT2D eigenvalue weighted by Gasteiger charge is -2.06. The summed E-state index contributed by atoms with van der Waals surface area (Å²) in [7, 11) is 0. The van der Waals surface area contributed by atoms with Gasteiger partial charge in [0.15, 0.2) is 0 Å². The zero-order valence-corrected chi connectivity index (χ0v) is 28.2. The fourth-order valence-corrected chi connectivity index (χ4v) is 6.39. The Bertz CT molecular complexity index is 619. The van der Waals surface area contributed by atoms with Gasteiger partial charge in [-0.2, -0.15) is 0 Å². The van der Waals surface area contributed by atoms with Crippen LogP contribution in [0.5, 0.6) is 0 Å². The molecule has 2 nitrogen and oxygen atoms in total. The van der Waals surface area contributed by atoms with Crippen LogP contribution < -0.4 is 4.57 Å². The third-order valence-electron chi connectivity index (χ3n) is 9.06. The van der Waals surface area contributed by atoms with Gasteiger partial charge in [0.2, 0.25) is 0 Å². The molecule has 0 amide bonds. The zero-order chi connectivity index (χ0) is 28.8. The molecule has 0 saturated carbocycles. The Morgan fingerprint density at radius 2 is 0.775 bits per heavy atom. The summed E-state index contributed by atoms with van der Waals surface area (Å²) in [6.45, 7) is 9.33. The minimum Gasteiger partial charge on any atom is -0.234 e. The number of hydrogen-bond acceptors (Lipinski definition) is 0. The average molecular weight is 560 g/mol. The van der Waals surface area contributed by atoms with Crippen molar-refractivity contribution in [3.63, 3.8) is 0 Å². The van der Waals surface area contributed by atoms with Crippen LogP contribution in [0.4, 0.5) is 0 Å². The first-order valence-electron chi connectivity index (χ1n) is 18.9. The van der Waals surface area contributed by atoms with Gasteiger partial charge in [0, 0.05) is 6.42 Å². The maximum Gasteiger partial charge on any atom is 0.256 e. The molecular weight excluding hydrogens is 484 g/mol. The van der Waals surface area contributed by atoms with Crippen LogP contribution in [-0.4, -0.2) is 4.57 Å². The Balaban J connectivity index is 2.03. The van der Waals surface area contributed by atoms with E-state index in [1.165, 1.54) is 206 Å². The van der Waals surface area contributed by atoms with Crippen LogP contribution in [0.25, 0.3) is 0 Å². The van der Waals surface area contributed by atoms with Crippen LogP contribution in [0.3, 0.4) is 0 Å². The normalized spacial score (nSPS) is 11.6. The van der Waals surface area contributed by atoms with E-state index in [1.807, 2.05) is 0 Å². The zero-order valence-electron chi connectivity index (χ0n) is 28.2. The summed E-state index contributed by atoms with van der Waals surface area (Å²) < 4.78 is 5.14. The fraction of sp³-hybridized carbons (Fsp3) is 0.921. The van der Waals surface area contributed by atoms with Crippen LogP contribution in [0.1, 0.15) is 213 Å². The van der Waals surface area contributed by atoms with Crippen molar-refractivity contribution in [2.75, 3.05) is 0 Å². The number of imidazole rings is 1. The quantitative estimate of drug-likeness (QED) is 0.0613. The molecule has 0 saturated heterocycles. The Hall–Kier alpha value is -0.790. The summed E-state index contributed by atoms with van der Waals surface area (Å²) in [6, 6.07) is 0. The van der Waals surface area contributed by atoms with Gasteiger partial charge in [0.25, 0.3) is 5.82 Å². The lowest BCUT2D eigenvalue weighted by atomic mass is 10.0. The number of aromatic nitrogens is 2. The number of hydrogen-bond donors (Lipinski definition) is 0. The second kappa shape index (κ2) is 29.7. The Morgan fingerprint density at radius 3 is 1.15 bits per heavy atom. The van der Waals surface area contributed by atoms with Gasteiger partial charge in [-0.1, -0.05) is 181 Å². The molecule has 40 heavy (non-hydrogen) atoms. The van der Waals surface area contributed by atoms with Crippen molar-refractivity contribution in [3.05, 3.63) is 18.2 Å². The lowest BCUT2D eigenvalue weighted by Crippen LogP contribution is -2.37. The summed E-state index contributed by atoms with van der Waals surface area (Å²) in [5.74, 6) is 1.59. The highest BCUT2D eigenvalue weighted by atomic mass is 15.1. The monoisotopic (exact) mass is 560 g/mol. The second-order valence-corrected chi connectivity index (χ2v) is 13.0. The SMILES string of the molecule is CCCCCCCCCCCCCCCCCC[n+]1ccn(CCC)c1CCCCCCCCCCCCCC. The Morgan fingerprint density at radius 1 is 0.425 bits per heavy atom. The topological polar surface area (TPSA) is 8.81 Å². The van der Waals surface area contributed by atoms with E-state index in [-0.39, 0.29) is 0 Å². The largest absolute Gasteiger partial charge is 0.256 e. The molecule has 0 spiro atoms. The molecule has 1 rings (SSSR count). The maximum absolute atomic E-state index is 2.60. The van der Waals surface area contributed by atoms with Crippen molar-refractivity contribution < 1.29 is 4.57 Å². The summed E-state index contributed by atoms with van der Waals surface area (Å²) in [4.78, 5) is 0. The van der Waals surface area contributed by atoms with Gasteiger partial charge in [0.05, 0.1) is 13.1 Å². The second-order valence-electron chi connectivity index (χ2n) is 13.0. The van der Waals surface area contributed by atoms with E-state index >= 15 is 0 Å². The van der Waals surface area contributed by atoms with E-state index in [1.54, 1.807) is 5.82 Å². The van der Waals surface area contributed by atoms with Crippen molar-refractivity contribution >= 4 is 0 Å². The van der Waals surface area contributed by atoms with Gasteiger partial charge in [-0.3, -0.25) is 0 Å². The maximum atomic E-state index is 2.60. The van der Waals surface area contributed by atoms with Gasteiger partial charge in [-0.15, -0.1) is 0 Å². The molecule has 1 heterocycles. The van der Waals surface area contributed by atoms with E-state index in [9.17, 15) is 0 Å². The molecule has 0 atom stereocenters. The van der Waals surface area contributed by atoms with Crippen LogP contribution >= 0.6 is 0 Å². The molecule has 0 radical (unpaired) electrons. The molecule has 236 valence electrons. The molecule has 0 aromatic carbocycles. The van der Waals surface area contributed by atoms with Gasteiger partial charge in [-0.05, 0) is 25.7 Å². The van der Waals surface area contributed by atoms with Gasteiger partial charge in [-0.25, -0.2) is 9.13 Å². The predicted molar refractivity (Wildman–Crippen MR) is 179 cm³/mol. The molecule has 1 aromatic rings.